The van der Waals surface area contributed by atoms with Crippen molar-refractivity contribution in [2.24, 2.45) is 0 Å². The quantitative estimate of drug-likeness (QED) is 0.702. The van der Waals surface area contributed by atoms with Gasteiger partial charge in [-0.15, -0.1) is 0 Å². The summed E-state index contributed by atoms with van der Waals surface area (Å²) in [6.07, 6.45) is 1.06. The second-order valence-electron chi connectivity index (χ2n) is 5.96. The van der Waals surface area contributed by atoms with Crippen LogP contribution in [-0.2, 0) is 4.79 Å². The maximum Gasteiger partial charge on any atom is 0.262 e. The molecule has 2 aromatic rings. The minimum Gasteiger partial charge on any atom is -0.483 e. The summed E-state index contributed by atoms with van der Waals surface area (Å²) in [7, 11) is 1.55. The van der Waals surface area contributed by atoms with Crippen molar-refractivity contribution in [1.82, 2.24) is 5.32 Å². The number of benzene rings is 2. The fraction of sp³-hybridized carbons (Fsp3) is 0.300. The van der Waals surface area contributed by atoms with Crippen molar-refractivity contribution in [3.05, 3.63) is 58.1 Å². The minimum atomic E-state index is -0.334. The highest BCUT2D eigenvalue weighted by molar-refractivity contribution is 9.10. The molecule has 26 heavy (non-hydrogen) atoms. The molecule has 0 heterocycles. The number of carbonyl (C=O) groups excluding carboxylic acids is 2. The smallest absolute Gasteiger partial charge is 0.262 e. The first-order valence-electron chi connectivity index (χ1n) is 8.49. The minimum absolute atomic E-state index is 0.149. The van der Waals surface area contributed by atoms with Crippen molar-refractivity contribution < 1.29 is 14.3 Å². The van der Waals surface area contributed by atoms with Gasteiger partial charge >= 0.3 is 0 Å². The van der Waals surface area contributed by atoms with Gasteiger partial charge in [0.25, 0.3) is 11.8 Å². The molecule has 2 N–H and O–H groups in total. The van der Waals surface area contributed by atoms with Gasteiger partial charge in [-0.2, -0.15) is 0 Å². The molecule has 0 radical (unpaired) electrons. The molecule has 0 aliphatic heterocycles. The van der Waals surface area contributed by atoms with E-state index in [1.807, 2.05) is 18.2 Å². The summed E-state index contributed by atoms with van der Waals surface area (Å²) in [5, 5.41) is 5.27. The Morgan fingerprint density at radius 3 is 2.58 bits per heavy atom. The number of amides is 2. The first-order chi connectivity index (χ1) is 12.5. The first-order valence-corrected chi connectivity index (χ1v) is 9.28. The van der Waals surface area contributed by atoms with E-state index in [1.54, 1.807) is 31.3 Å². The highest BCUT2D eigenvalue weighted by Gasteiger charge is 2.13. The predicted molar refractivity (Wildman–Crippen MR) is 107 cm³/mol. The van der Waals surface area contributed by atoms with Gasteiger partial charge in [0, 0.05) is 7.05 Å². The molecule has 1 unspecified atom stereocenters. The van der Waals surface area contributed by atoms with E-state index in [0.717, 1.165) is 10.9 Å². The molecule has 0 saturated carbocycles. The van der Waals surface area contributed by atoms with Crippen LogP contribution in [0.25, 0.3) is 0 Å². The van der Waals surface area contributed by atoms with Gasteiger partial charge in [0.1, 0.15) is 5.75 Å². The molecule has 0 saturated heterocycles. The van der Waals surface area contributed by atoms with E-state index in [1.165, 1.54) is 5.56 Å². The van der Waals surface area contributed by atoms with Crippen LogP contribution in [0.5, 0.6) is 5.75 Å². The zero-order valence-corrected chi connectivity index (χ0v) is 16.7. The lowest BCUT2D eigenvalue weighted by atomic mass is 9.99. The molecule has 0 fully saturated rings. The predicted octanol–water partition coefficient (Wildman–Crippen LogP) is 4.34. The van der Waals surface area contributed by atoms with E-state index in [0.29, 0.717) is 22.9 Å². The van der Waals surface area contributed by atoms with E-state index >= 15 is 0 Å². The third kappa shape index (κ3) is 5.08. The van der Waals surface area contributed by atoms with Crippen molar-refractivity contribution in [1.29, 1.82) is 0 Å². The summed E-state index contributed by atoms with van der Waals surface area (Å²) in [6.45, 7) is 4.16. The Labute approximate surface area is 162 Å². The highest BCUT2D eigenvalue weighted by Crippen LogP contribution is 2.30. The molecule has 0 aliphatic carbocycles. The van der Waals surface area contributed by atoms with E-state index in [2.05, 4.69) is 40.4 Å². The number of para-hydroxylation sites is 1. The third-order valence-corrected chi connectivity index (χ3v) is 4.79. The Kier molecular flexibility index (Phi) is 7.21. The summed E-state index contributed by atoms with van der Waals surface area (Å²) >= 11 is 3.49. The van der Waals surface area contributed by atoms with E-state index in [-0.39, 0.29) is 18.4 Å². The number of ether oxygens (including phenoxy) is 1. The van der Waals surface area contributed by atoms with Gasteiger partial charge in [-0.3, -0.25) is 9.59 Å². The van der Waals surface area contributed by atoms with Crippen molar-refractivity contribution in [3.8, 4) is 5.75 Å². The molecular weight excluding hydrogens is 396 g/mol. The monoisotopic (exact) mass is 418 g/mol. The average Bonchev–Trinajstić information content (AvgIpc) is 2.66. The normalized spacial score (nSPS) is 11.5. The summed E-state index contributed by atoms with van der Waals surface area (Å²) in [5.74, 6) is 0.473. The van der Waals surface area contributed by atoms with Crippen molar-refractivity contribution in [2.75, 3.05) is 19.0 Å². The van der Waals surface area contributed by atoms with Crippen LogP contribution in [0.15, 0.2) is 46.9 Å². The van der Waals surface area contributed by atoms with Crippen LogP contribution in [0.2, 0.25) is 0 Å². The van der Waals surface area contributed by atoms with Crippen LogP contribution < -0.4 is 15.4 Å². The van der Waals surface area contributed by atoms with E-state index < -0.39 is 0 Å². The Hall–Kier alpha value is -2.34. The lowest BCUT2D eigenvalue weighted by Crippen LogP contribution is -2.24. The second kappa shape index (κ2) is 9.38. The Balaban J connectivity index is 2.01. The molecule has 6 heteroatoms. The molecule has 2 amide bonds. The maximum absolute atomic E-state index is 12.2. The van der Waals surface area contributed by atoms with Crippen LogP contribution in [-0.4, -0.2) is 25.5 Å². The van der Waals surface area contributed by atoms with Gasteiger partial charge in [0.2, 0.25) is 0 Å². The fourth-order valence-electron chi connectivity index (χ4n) is 2.43. The van der Waals surface area contributed by atoms with Gasteiger partial charge in [-0.05, 0) is 58.1 Å². The zero-order valence-electron chi connectivity index (χ0n) is 15.1. The summed E-state index contributed by atoms with van der Waals surface area (Å²) < 4.78 is 6.42. The molecule has 5 nitrogen and oxygen atoms in total. The Morgan fingerprint density at radius 1 is 1.19 bits per heavy atom. The number of anilines is 1. The lowest BCUT2D eigenvalue weighted by Gasteiger charge is -2.13. The van der Waals surface area contributed by atoms with Gasteiger partial charge in [-0.1, -0.05) is 32.0 Å². The molecular formula is C20H23BrN2O3. The van der Waals surface area contributed by atoms with Gasteiger partial charge in [0.05, 0.1) is 15.7 Å². The van der Waals surface area contributed by atoms with Gasteiger partial charge in [0.15, 0.2) is 6.61 Å². The summed E-state index contributed by atoms with van der Waals surface area (Å²) in [5.41, 5.74) is 2.07. The molecule has 1 atom stereocenters. The summed E-state index contributed by atoms with van der Waals surface area (Å²) in [6, 6.07) is 12.7. The molecule has 0 aliphatic rings. The largest absolute Gasteiger partial charge is 0.483 e. The Bertz CT molecular complexity index is 792. The number of rotatable bonds is 7. The van der Waals surface area contributed by atoms with Crippen LogP contribution in [0.1, 0.15) is 42.1 Å². The molecule has 0 aromatic heterocycles. The SMILES string of the molecule is CCC(C)c1ccc(OCC(=O)Nc2ccccc2C(=O)NC)c(Br)c1. The maximum atomic E-state index is 12.2. The molecule has 138 valence electrons. The van der Waals surface area contributed by atoms with Gasteiger partial charge < -0.3 is 15.4 Å². The Morgan fingerprint density at radius 2 is 1.92 bits per heavy atom. The van der Waals surface area contributed by atoms with Crippen LogP contribution in [0.3, 0.4) is 0 Å². The average molecular weight is 419 g/mol. The number of carbonyl (C=O) groups is 2. The lowest BCUT2D eigenvalue weighted by molar-refractivity contribution is -0.118. The van der Waals surface area contributed by atoms with Crippen LogP contribution >= 0.6 is 15.9 Å². The highest BCUT2D eigenvalue weighted by atomic mass is 79.9. The van der Waals surface area contributed by atoms with Crippen LogP contribution in [0, 0.1) is 0 Å². The first kappa shape index (κ1) is 20.0. The van der Waals surface area contributed by atoms with E-state index in [9.17, 15) is 9.59 Å². The topological polar surface area (TPSA) is 67.4 Å². The van der Waals surface area contributed by atoms with E-state index in [4.69, 9.17) is 4.74 Å². The molecule has 0 spiro atoms. The molecule has 2 aromatic carbocycles. The van der Waals surface area contributed by atoms with Crippen molar-refractivity contribution in [2.45, 2.75) is 26.2 Å². The third-order valence-electron chi connectivity index (χ3n) is 4.17. The number of hydrogen-bond acceptors (Lipinski definition) is 3. The molecule has 2 rings (SSSR count). The summed E-state index contributed by atoms with van der Waals surface area (Å²) in [4.78, 5) is 24.1. The van der Waals surface area contributed by atoms with Gasteiger partial charge in [-0.25, -0.2) is 0 Å². The number of nitrogens with one attached hydrogen (secondary N) is 2. The van der Waals surface area contributed by atoms with Crippen LogP contribution in [0.4, 0.5) is 5.69 Å². The fourth-order valence-corrected chi connectivity index (χ4v) is 2.94. The second-order valence-corrected chi connectivity index (χ2v) is 6.82. The zero-order chi connectivity index (χ0) is 19.1. The number of hydrogen-bond donors (Lipinski definition) is 2. The number of halogens is 1. The van der Waals surface area contributed by atoms with Crippen molar-refractivity contribution >= 4 is 33.4 Å². The van der Waals surface area contributed by atoms with Crippen molar-refractivity contribution in [3.63, 3.8) is 0 Å². The standard InChI is InChI=1S/C20H23BrN2O3/c1-4-13(2)14-9-10-18(16(21)11-14)26-12-19(24)23-17-8-6-5-7-15(17)20(25)22-3/h5-11,13H,4,12H2,1-3H3,(H,22,25)(H,23,24). The molecule has 0 bridgehead atoms.